The molecule has 0 spiro atoms. The first-order valence-corrected chi connectivity index (χ1v) is 23.0. The molecular formula is C63H52N2. The van der Waals surface area contributed by atoms with Gasteiger partial charge in [0.15, 0.2) is 0 Å². The molecule has 0 heterocycles. The molecule has 0 aliphatic heterocycles. The van der Waals surface area contributed by atoms with Crippen LogP contribution in [0.4, 0.5) is 34.1 Å². The van der Waals surface area contributed by atoms with Crippen molar-refractivity contribution in [3.8, 4) is 33.4 Å². The number of rotatable bonds is 10. The summed E-state index contributed by atoms with van der Waals surface area (Å²) in [6.45, 7) is 4.76. The molecule has 0 saturated carbocycles. The standard InChI is InChI=1S/C63H52N2/c1-62(2)59-28-18-27-57(48-21-10-4-11-22-48)61(59)58-42-41-56(45-60(58)62)65(52-25-14-6-15-26-52)55-39-33-50(34-40-55)63(43-16-7-17-44-63)49-31-37-54(38-32-49)64(51-23-12-5-13-24-51)53-35-29-47(30-36-53)46-19-8-3-9-20-46/h3-16,18-42,45H,17,43-44H2,1-2H3. The van der Waals surface area contributed by atoms with Crippen molar-refractivity contribution < 1.29 is 0 Å². The van der Waals surface area contributed by atoms with Crippen LogP contribution in [0.5, 0.6) is 0 Å². The number of allylic oxidation sites excluding steroid dienone is 2. The van der Waals surface area contributed by atoms with Gasteiger partial charge in [-0.3, -0.25) is 0 Å². The zero-order chi connectivity index (χ0) is 43.8. The Morgan fingerprint density at radius 3 is 1.35 bits per heavy atom. The van der Waals surface area contributed by atoms with Gasteiger partial charge in [0.25, 0.3) is 0 Å². The highest BCUT2D eigenvalue weighted by atomic mass is 15.1. The van der Waals surface area contributed by atoms with E-state index in [4.69, 9.17) is 0 Å². The molecule has 0 N–H and O–H groups in total. The van der Waals surface area contributed by atoms with Crippen LogP contribution in [0, 0.1) is 0 Å². The fourth-order valence-corrected chi connectivity index (χ4v) is 10.6. The third-order valence-electron chi connectivity index (χ3n) is 14.0. The normalized spacial score (nSPS) is 15.8. The van der Waals surface area contributed by atoms with Crippen molar-refractivity contribution in [3.63, 3.8) is 0 Å². The summed E-state index contributed by atoms with van der Waals surface area (Å²) in [5.74, 6) is 0. The minimum absolute atomic E-state index is 0.141. The van der Waals surface area contributed by atoms with Gasteiger partial charge in [-0.2, -0.15) is 0 Å². The first kappa shape index (κ1) is 40.1. The van der Waals surface area contributed by atoms with E-state index < -0.39 is 0 Å². The topological polar surface area (TPSA) is 6.48 Å². The number of hydrogen-bond acceptors (Lipinski definition) is 2. The van der Waals surface area contributed by atoms with Gasteiger partial charge in [0, 0.05) is 45.0 Å². The van der Waals surface area contributed by atoms with E-state index in [2.05, 4.69) is 266 Å². The third-order valence-corrected chi connectivity index (χ3v) is 14.0. The van der Waals surface area contributed by atoms with E-state index >= 15 is 0 Å². The number of nitrogens with zero attached hydrogens (tertiary/aromatic N) is 2. The smallest absolute Gasteiger partial charge is 0.0465 e. The van der Waals surface area contributed by atoms with Gasteiger partial charge in [-0.1, -0.05) is 184 Å². The van der Waals surface area contributed by atoms with Crippen molar-refractivity contribution >= 4 is 34.1 Å². The van der Waals surface area contributed by atoms with Crippen LogP contribution in [0.15, 0.2) is 243 Å². The second kappa shape index (κ2) is 16.8. The SMILES string of the molecule is CC1(C)c2cc(N(c3ccccc3)c3ccc(C4(c5ccc(N(c6ccccc6)c6ccc(-c7ccccc7)cc6)cc5)CC=CCC4)cc3)ccc2-c2c(-c3ccccc3)cccc21. The Morgan fingerprint density at radius 1 is 0.354 bits per heavy atom. The molecule has 2 nitrogen and oxygen atoms in total. The van der Waals surface area contributed by atoms with Gasteiger partial charge in [0.05, 0.1) is 0 Å². The highest BCUT2D eigenvalue weighted by Crippen LogP contribution is 2.54. The average Bonchev–Trinajstić information content (AvgIpc) is 3.61. The molecular weight excluding hydrogens is 785 g/mol. The van der Waals surface area contributed by atoms with Crippen molar-refractivity contribution in [2.45, 2.75) is 43.9 Å². The van der Waals surface area contributed by atoms with Crippen molar-refractivity contribution in [1.82, 2.24) is 0 Å². The minimum Gasteiger partial charge on any atom is -0.311 e. The van der Waals surface area contributed by atoms with E-state index in [0.717, 1.165) is 53.4 Å². The van der Waals surface area contributed by atoms with Crippen LogP contribution in [0.25, 0.3) is 33.4 Å². The molecule has 314 valence electrons. The number of fused-ring (bicyclic) bond motifs is 3. The zero-order valence-electron chi connectivity index (χ0n) is 37.1. The number of benzene rings is 9. The maximum Gasteiger partial charge on any atom is 0.0465 e. The molecule has 1 atom stereocenters. The van der Waals surface area contributed by atoms with Gasteiger partial charge in [-0.15, -0.1) is 0 Å². The minimum atomic E-state index is -0.154. The van der Waals surface area contributed by atoms with Crippen LogP contribution in [-0.4, -0.2) is 0 Å². The van der Waals surface area contributed by atoms with Crippen molar-refractivity contribution in [3.05, 3.63) is 265 Å². The van der Waals surface area contributed by atoms with Crippen LogP contribution in [0.3, 0.4) is 0 Å². The molecule has 0 bridgehead atoms. The lowest BCUT2D eigenvalue weighted by atomic mass is 9.67. The van der Waals surface area contributed by atoms with E-state index in [1.54, 1.807) is 0 Å². The van der Waals surface area contributed by atoms with Gasteiger partial charge in [-0.25, -0.2) is 0 Å². The molecule has 2 heteroatoms. The third kappa shape index (κ3) is 7.26. The van der Waals surface area contributed by atoms with Crippen LogP contribution >= 0.6 is 0 Å². The molecule has 0 amide bonds. The molecule has 0 fully saturated rings. The fraction of sp³-hybridized carbons (Fsp3) is 0.111. The molecule has 9 aromatic carbocycles. The summed E-state index contributed by atoms with van der Waals surface area (Å²) in [4.78, 5) is 4.79. The second-order valence-corrected chi connectivity index (χ2v) is 18.1. The molecule has 2 aliphatic rings. The first-order valence-electron chi connectivity index (χ1n) is 23.0. The molecule has 0 saturated heterocycles. The van der Waals surface area contributed by atoms with Gasteiger partial charge >= 0.3 is 0 Å². The highest BCUT2D eigenvalue weighted by Gasteiger charge is 2.38. The van der Waals surface area contributed by atoms with Crippen molar-refractivity contribution in [2.75, 3.05) is 9.80 Å². The van der Waals surface area contributed by atoms with E-state index in [0.29, 0.717) is 0 Å². The molecule has 11 rings (SSSR count). The summed E-state index contributed by atoms with van der Waals surface area (Å²) in [6.07, 6.45) is 7.80. The number of hydrogen-bond donors (Lipinski definition) is 0. The van der Waals surface area contributed by atoms with Crippen LogP contribution < -0.4 is 9.80 Å². The number of anilines is 6. The molecule has 0 radical (unpaired) electrons. The zero-order valence-corrected chi connectivity index (χ0v) is 37.1. The lowest BCUT2D eigenvalue weighted by Gasteiger charge is -2.37. The van der Waals surface area contributed by atoms with E-state index in [-0.39, 0.29) is 10.8 Å². The van der Waals surface area contributed by atoms with Gasteiger partial charge < -0.3 is 9.80 Å². The Morgan fingerprint density at radius 2 is 0.815 bits per heavy atom. The van der Waals surface area contributed by atoms with E-state index in [1.807, 2.05) is 0 Å². The molecule has 9 aromatic rings. The Labute approximate surface area is 384 Å². The van der Waals surface area contributed by atoms with Gasteiger partial charge in [0.2, 0.25) is 0 Å². The summed E-state index contributed by atoms with van der Waals surface area (Å²) in [7, 11) is 0. The molecule has 65 heavy (non-hydrogen) atoms. The molecule has 0 aromatic heterocycles. The predicted octanol–water partition coefficient (Wildman–Crippen LogP) is 17.3. The Balaban J connectivity index is 0.942. The monoisotopic (exact) mass is 836 g/mol. The quantitative estimate of drug-likeness (QED) is 0.127. The first-order chi connectivity index (χ1) is 32.0. The molecule has 2 aliphatic carbocycles. The average molecular weight is 837 g/mol. The van der Waals surface area contributed by atoms with Crippen LogP contribution in [0.2, 0.25) is 0 Å². The molecule has 1 unspecified atom stereocenters. The maximum atomic E-state index is 2.44. The fourth-order valence-electron chi connectivity index (χ4n) is 10.6. The summed E-state index contributed by atoms with van der Waals surface area (Å²) < 4.78 is 0. The maximum absolute atomic E-state index is 2.44. The van der Waals surface area contributed by atoms with Gasteiger partial charge in [-0.05, 0) is 148 Å². The van der Waals surface area contributed by atoms with Gasteiger partial charge in [0.1, 0.15) is 0 Å². The lowest BCUT2D eigenvalue weighted by molar-refractivity contribution is 0.465. The van der Waals surface area contributed by atoms with Crippen LogP contribution in [-0.2, 0) is 10.8 Å². The lowest BCUT2D eigenvalue weighted by Crippen LogP contribution is -2.29. The Bertz CT molecular complexity index is 3100. The number of para-hydroxylation sites is 2. The Hall–Kier alpha value is -7.68. The largest absolute Gasteiger partial charge is 0.311 e. The van der Waals surface area contributed by atoms with Crippen molar-refractivity contribution in [2.24, 2.45) is 0 Å². The van der Waals surface area contributed by atoms with E-state index in [1.165, 1.54) is 55.6 Å². The van der Waals surface area contributed by atoms with Crippen LogP contribution in [0.1, 0.15) is 55.4 Å². The summed E-state index contributed by atoms with van der Waals surface area (Å²) >= 11 is 0. The summed E-state index contributed by atoms with van der Waals surface area (Å²) in [5.41, 5.74) is 19.6. The predicted molar refractivity (Wildman–Crippen MR) is 274 cm³/mol. The van der Waals surface area contributed by atoms with E-state index in [9.17, 15) is 0 Å². The Kier molecular flexibility index (Phi) is 10.4. The van der Waals surface area contributed by atoms with Crippen molar-refractivity contribution in [1.29, 1.82) is 0 Å². The summed E-state index contributed by atoms with van der Waals surface area (Å²) in [6, 6.07) is 84.7. The second-order valence-electron chi connectivity index (χ2n) is 18.1. The highest BCUT2D eigenvalue weighted by molar-refractivity contribution is 5.94. The summed E-state index contributed by atoms with van der Waals surface area (Å²) in [5, 5.41) is 0.